The summed E-state index contributed by atoms with van der Waals surface area (Å²) in [5.74, 6) is 1.62. The number of hydrogen-bond acceptors (Lipinski definition) is 2. The second-order valence-electron chi connectivity index (χ2n) is 4.97. The molecule has 0 radical (unpaired) electrons. The molecule has 0 amide bonds. The van der Waals surface area contributed by atoms with Gasteiger partial charge >= 0.3 is 0 Å². The Morgan fingerprint density at radius 3 is 2.55 bits per heavy atom. The largest absolute Gasteiger partial charge is 0.357 e. The monoisotopic (exact) mass is 384 g/mol. The van der Waals surface area contributed by atoms with Crippen LogP contribution in [0, 0.1) is 17.2 Å². The molecule has 1 aromatic rings. The number of benzene rings is 1. The van der Waals surface area contributed by atoms with Gasteiger partial charge in [-0.25, -0.2) is 4.99 Å². The molecule has 108 valence electrons. The lowest BCUT2D eigenvalue weighted by atomic mass is 10.1. The van der Waals surface area contributed by atoms with Gasteiger partial charge in [-0.2, -0.15) is 5.26 Å². The van der Waals surface area contributed by atoms with E-state index in [0.29, 0.717) is 18.2 Å². The maximum Gasteiger partial charge on any atom is 0.191 e. The molecule has 1 aromatic carbocycles. The molecule has 0 spiro atoms. The van der Waals surface area contributed by atoms with E-state index < -0.39 is 0 Å². The smallest absolute Gasteiger partial charge is 0.191 e. The lowest BCUT2D eigenvalue weighted by Crippen LogP contribution is -2.39. The van der Waals surface area contributed by atoms with Crippen LogP contribution in [-0.4, -0.2) is 18.5 Å². The van der Waals surface area contributed by atoms with Crippen LogP contribution in [0.4, 0.5) is 0 Å². The highest BCUT2D eigenvalue weighted by Crippen LogP contribution is 2.28. The molecule has 1 saturated carbocycles. The maximum atomic E-state index is 8.75. The number of nitriles is 1. The van der Waals surface area contributed by atoms with Crippen molar-refractivity contribution in [2.45, 2.75) is 32.9 Å². The Hall–Kier alpha value is -1.29. The van der Waals surface area contributed by atoms with Crippen LogP contribution < -0.4 is 10.6 Å². The maximum absolute atomic E-state index is 8.75. The molecule has 1 fully saturated rings. The van der Waals surface area contributed by atoms with Crippen molar-refractivity contribution < 1.29 is 0 Å². The van der Waals surface area contributed by atoms with Gasteiger partial charge in [0.1, 0.15) is 0 Å². The normalized spacial score (nSPS) is 20.6. The van der Waals surface area contributed by atoms with Crippen LogP contribution in [0.15, 0.2) is 29.3 Å². The third-order valence-electron chi connectivity index (χ3n) is 3.28. The van der Waals surface area contributed by atoms with Crippen molar-refractivity contribution in [2.75, 3.05) is 6.54 Å². The first kappa shape index (κ1) is 16.8. The molecule has 4 nitrogen and oxygen atoms in total. The third kappa shape index (κ3) is 5.00. The van der Waals surface area contributed by atoms with Gasteiger partial charge in [0.25, 0.3) is 0 Å². The van der Waals surface area contributed by atoms with Crippen molar-refractivity contribution in [3.8, 4) is 6.07 Å². The number of halogens is 1. The van der Waals surface area contributed by atoms with E-state index in [0.717, 1.165) is 24.0 Å². The zero-order chi connectivity index (χ0) is 13.7. The molecule has 0 bridgehead atoms. The number of nitrogens with one attached hydrogen (secondary N) is 2. The molecule has 1 aliphatic rings. The zero-order valence-corrected chi connectivity index (χ0v) is 14.2. The van der Waals surface area contributed by atoms with E-state index in [2.05, 4.69) is 35.5 Å². The summed E-state index contributed by atoms with van der Waals surface area (Å²) in [6.07, 6.45) is 1.22. The fourth-order valence-electron chi connectivity index (χ4n) is 1.87. The summed E-state index contributed by atoms with van der Waals surface area (Å²) in [5.41, 5.74) is 1.80. The summed E-state index contributed by atoms with van der Waals surface area (Å²) in [5, 5.41) is 15.4. The average Bonchev–Trinajstić information content (AvgIpc) is 3.12. The van der Waals surface area contributed by atoms with E-state index in [1.54, 1.807) is 0 Å². The van der Waals surface area contributed by atoms with Crippen LogP contribution in [-0.2, 0) is 6.54 Å². The average molecular weight is 384 g/mol. The summed E-state index contributed by atoms with van der Waals surface area (Å²) < 4.78 is 0. The fraction of sp³-hybridized carbons (Fsp3) is 0.467. The summed E-state index contributed by atoms with van der Waals surface area (Å²) in [7, 11) is 0. The van der Waals surface area contributed by atoms with Crippen molar-refractivity contribution in [2.24, 2.45) is 10.9 Å². The Labute approximate surface area is 137 Å². The Kier molecular flexibility index (Phi) is 6.79. The van der Waals surface area contributed by atoms with E-state index in [4.69, 9.17) is 5.26 Å². The van der Waals surface area contributed by atoms with Crippen LogP contribution in [0.2, 0.25) is 0 Å². The van der Waals surface area contributed by atoms with Gasteiger partial charge in [-0.05, 0) is 37.0 Å². The van der Waals surface area contributed by atoms with Gasteiger partial charge in [-0.15, -0.1) is 24.0 Å². The van der Waals surface area contributed by atoms with Crippen LogP contribution in [0.25, 0.3) is 0 Å². The van der Waals surface area contributed by atoms with Crippen LogP contribution in [0.1, 0.15) is 31.4 Å². The molecule has 2 atom stereocenters. The van der Waals surface area contributed by atoms with Crippen LogP contribution in [0.5, 0.6) is 0 Å². The fourth-order valence-corrected chi connectivity index (χ4v) is 1.87. The SMILES string of the molecule is CCNC(=NCc1ccc(C#N)cc1)NC1CC1C.I. The van der Waals surface area contributed by atoms with Crippen molar-refractivity contribution in [3.63, 3.8) is 0 Å². The van der Waals surface area contributed by atoms with Crippen LogP contribution >= 0.6 is 24.0 Å². The Balaban J connectivity index is 0.00000200. The molecule has 20 heavy (non-hydrogen) atoms. The first-order valence-electron chi connectivity index (χ1n) is 6.76. The number of guanidine groups is 1. The number of aliphatic imine (C=N–C) groups is 1. The number of hydrogen-bond donors (Lipinski definition) is 2. The molecule has 1 aliphatic carbocycles. The van der Waals surface area contributed by atoms with Crippen molar-refractivity contribution in [3.05, 3.63) is 35.4 Å². The van der Waals surface area contributed by atoms with E-state index >= 15 is 0 Å². The highest BCUT2D eigenvalue weighted by Gasteiger charge is 2.33. The summed E-state index contributed by atoms with van der Waals surface area (Å²) in [6, 6.07) is 10.2. The molecule has 0 heterocycles. The first-order valence-corrected chi connectivity index (χ1v) is 6.76. The second-order valence-corrected chi connectivity index (χ2v) is 4.97. The molecule has 2 unspecified atom stereocenters. The molecule has 0 aromatic heterocycles. The van der Waals surface area contributed by atoms with Gasteiger partial charge in [-0.1, -0.05) is 19.1 Å². The molecule has 2 rings (SSSR count). The van der Waals surface area contributed by atoms with E-state index in [9.17, 15) is 0 Å². The van der Waals surface area contributed by atoms with Crippen molar-refractivity contribution >= 4 is 29.9 Å². The van der Waals surface area contributed by atoms with Gasteiger partial charge in [0.15, 0.2) is 5.96 Å². The number of rotatable bonds is 4. The Morgan fingerprint density at radius 1 is 1.40 bits per heavy atom. The predicted octanol–water partition coefficient (Wildman–Crippen LogP) is 2.64. The minimum atomic E-state index is 0. The highest BCUT2D eigenvalue weighted by molar-refractivity contribution is 14.0. The minimum Gasteiger partial charge on any atom is -0.357 e. The van der Waals surface area contributed by atoms with Crippen molar-refractivity contribution in [1.82, 2.24) is 10.6 Å². The molecule has 0 saturated heterocycles. The Bertz CT molecular complexity index is 490. The van der Waals surface area contributed by atoms with Gasteiger partial charge in [0.05, 0.1) is 18.2 Å². The van der Waals surface area contributed by atoms with Gasteiger partial charge < -0.3 is 10.6 Å². The molecular formula is C15H21IN4. The molecule has 5 heteroatoms. The lowest BCUT2D eigenvalue weighted by Gasteiger charge is -2.10. The minimum absolute atomic E-state index is 0. The quantitative estimate of drug-likeness (QED) is 0.477. The molecule has 2 N–H and O–H groups in total. The summed E-state index contributed by atoms with van der Waals surface area (Å²) >= 11 is 0. The van der Waals surface area contributed by atoms with E-state index in [1.165, 1.54) is 6.42 Å². The summed E-state index contributed by atoms with van der Waals surface area (Å²) in [6.45, 7) is 5.79. The van der Waals surface area contributed by atoms with E-state index in [-0.39, 0.29) is 24.0 Å². The predicted molar refractivity (Wildman–Crippen MR) is 92.1 cm³/mol. The van der Waals surface area contributed by atoms with Gasteiger partial charge in [-0.3, -0.25) is 0 Å². The zero-order valence-electron chi connectivity index (χ0n) is 11.9. The van der Waals surface area contributed by atoms with Crippen LogP contribution in [0.3, 0.4) is 0 Å². The number of nitrogens with zero attached hydrogens (tertiary/aromatic N) is 2. The second kappa shape index (κ2) is 8.10. The van der Waals surface area contributed by atoms with Gasteiger partial charge in [0, 0.05) is 12.6 Å². The molecular weight excluding hydrogens is 363 g/mol. The van der Waals surface area contributed by atoms with E-state index in [1.807, 2.05) is 24.3 Å². The van der Waals surface area contributed by atoms with Crippen molar-refractivity contribution in [1.29, 1.82) is 5.26 Å². The first-order chi connectivity index (χ1) is 9.22. The summed E-state index contributed by atoms with van der Waals surface area (Å²) in [4.78, 5) is 4.57. The third-order valence-corrected chi connectivity index (χ3v) is 3.28. The molecule has 0 aliphatic heterocycles. The highest BCUT2D eigenvalue weighted by atomic mass is 127. The Morgan fingerprint density at radius 2 is 2.05 bits per heavy atom. The topological polar surface area (TPSA) is 60.2 Å². The lowest BCUT2D eigenvalue weighted by molar-refractivity contribution is 0.766. The van der Waals surface area contributed by atoms with Gasteiger partial charge in [0.2, 0.25) is 0 Å². The standard InChI is InChI=1S/C15H20N4.HI/c1-3-17-15(19-14-8-11(14)2)18-10-13-6-4-12(9-16)5-7-13;/h4-7,11,14H,3,8,10H2,1-2H3,(H2,17,18,19);1H.